The van der Waals surface area contributed by atoms with E-state index in [1.165, 1.54) is 23.1 Å². The number of aliphatic carboxylic acids is 1. The van der Waals surface area contributed by atoms with Gasteiger partial charge in [-0.3, -0.25) is 24.1 Å². The molecule has 7 nitrogen and oxygen atoms in total. The zero-order valence-corrected chi connectivity index (χ0v) is 12.8. The smallest absolute Gasteiger partial charge is 0.305 e. The first kappa shape index (κ1) is 16.7. The van der Waals surface area contributed by atoms with Crippen LogP contribution in [0.15, 0.2) is 18.2 Å². The van der Waals surface area contributed by atoms with E-state index < -0.39 is 17.8 Å². The average molecular weight is 318 g/mol. The molecule has 0 fully saturated rings. The van der Waals surface area contributed by atoms with Gasteiger partial charge in [0, 0.05) is 18.7 Å². The van der Waals surface area contributed by atoms with E-state index in [4.69, 9.17) is 5.11 Å². The van der Waals surface area contributed by atoms with Gasteiger partial charge in [0.1, 0.15) is 0 Å². The maximum absolute atomic E-state index is 12.3. The maximum Gasteiger partial charge on any atom is 0.305 e. The quantitative estimate of drug-likeness (QED) is 0.737. The first-order chi connectivity index (χ1) is 11.0. The fraction of sp³-hybridized carbons (Fsp3) is 0.375. The second-order valence-electron chi connectivity index (χ2n) is 5.28. The van der Waals surface area contributed by atoms with Crippen LogP contribution in [-0.4, -0.2) is 46.8 Å². The van der Waals surface area contributed by atoms with Crippen molar-refractivity contribution in [3.8, 4) is 0 Å². The molecule has 7 heteroatoms. The Morgan fingerprint density at radius 2 is 1.87 bits per heavy atom. The molecule has 2 rings (SSSR count). The van der Waals surface area contributed by atoms with Gasteiger partial charge in [0.25, 0.3) is 17.7 Å². The van der Waals surface area contributed by atoms with Crippen LogP contribution in [0.4, 0.5) is 0 Å². The fourth-order valence-corrected chi connectivity index (χ4v) is 2.34. The van der Waals surface area contributed by atoms with Gasteiger partial charge < -0.3 is 10.4 Å². The van der Waals surface area contributed by atoms with Crippen LogP contribution >= 0.6 is 0 Å². The second-order valence-corrected chi connectivity index (χ2v) is 5.28. The van der Waals surface area contributed by atoms with Crippen molar-refractivity contribution in [1.82, 2.24) is 10.2 Å². The third-order valence-electron chi connectivity index (χ3n) is 3.59. The van der Waals surface area contributed by atoms with Crippen molar-refractivity contribution in [2.75, 3.05) is 13.1 Å². The van der Waals surface area contributed by atoms with Crippen LogP contribution in [0.2, 0.25) is 0 Å². The van der Waals surface area contributed by atoms with E-state index in [2.05, 4.69) is 5.32 Å². The lowest BCUT2D eigenvalue weighted by Crippen LogP contribution is -2.30. The summed E-state index contributed by atoms with van der Waals surface area (Å²) in [7, 11) is 0. The number of fused-ring (bicyclic) bond motifs is 1. The highest BCUT2D eigenvalue weighted by molar-refractivity contribution is 6.22. The van der Waals surface area contributed by atoms with Crippen LogP contribution in [-0.2, 0) is 4.79 Å². The van der Waals surface area contributed by atoms with Gasteiger partial charge in [-0.05, 0) is 24.6 Å². The van der Waals surface area contributed by atoms with Crippen LogP contribution < -0.4 is 5.32 Å². The Labute approximate surface area is 133 Å². The van der Waals surface area contributed by atoms with Crippen LogP contribution in [0.3, 0.4) is 0 Å². The standard InChI is InChI=1S/C16H18N2O5/c1-2-3-8-18-15(22)11-5-4-10(9-12(11)16(18)23)14(21)17-7-6-13(19)20/h4-5,9H,2-3,6-8H2,1H3,(H,17,21)(H,19,20). The zero-order valence-electron chi connectivity index (χ0n) is 12.8. The summed E-state index contributed by atoms with van der Waals surface area (Å²) in [6.07, 6.45) is 1.41. The van der Waals surface area contributed by atoms with Crippen molar-refractivity contribution < 1.29 is 24.3 Å². The van der Waals surface area contributed by atoms with E-state index in [-0.39, 0.29) is 30.0 Å². The van der Waals surface area contributed by atoms with Gasteiger partial charge in [0.2, 0.25) is 0 Å². The Bertz CT molecular complexity index is 668. The molecular weight excluding hydrogens is 300 g/mol. The largest absolute Gasteiger partial charge is 0.481 e. The lowest BCUT2D eigenvalue weighted by molar-refractivity contribution is -0.136. The second kappa shape index (κ2) is 7.04. The number of imide groups is 1. The van der Waals surface area contributed by atoms with Crippen LogP contribution in [0, 0.1) is 0 Å². The van der Waals surface area contributed by atoms with Gasteiger partial charge in [-0.25, -0.2) is 0 Å². The normalized spacial score (nSPS) is 13.2. The number of amides is 3. The van der Waals surface area contributed by atoms with E-state index in [1.54, 1.807) is 0 Å². The Hall–Kier alpha value is -2.70. The highest BCUT2D eigenvalue weighted by Gasteiger charge is 2.35. The molecular formula is C16H18N2O5. The van der Waals surface area contributed by atoms with Crippen LogP contribution in [0.5, 0.6) is 0 Å². The van der Waals surface area contributed by atoms with Gasteiger partial charge in [-0.15, -0.1) is 0 Å². The molecule has 23 heavy (non-hydrogen) atoms. The zero-order chi connectivity index (χ0) is 17.0. The number of carbonyl (C=O) groups is 4. The molecule has 122 valence electrons. The molecule has 0 aromatic heterocycles. The molecule has 1 heterocycles. The van der Waals surface area contributed by atoms with E-state index in [0.717, 1.165) is 12.8 Å². The molecule has 1 aliphatic rings. The van der Waals surface area contributed by atoms with E-state index in [0.29, 0.717) is 12.1 Å². The molecule has 0 unspecified atom stereocenters. The van der Waals surface area contributed by atoms with Gasteiger partial charge >= 0.3 is 5.97 Å². The van der Waals surface area contributed by atoms with Crippen molar-refractivity contribution >= 4 is 23.7 Å². The molecule has 0 bridgehead atoms. The number of rotatable bonds is 7. The lowest BCUT2D eigenvalue weighted by Gasteiger charge is -2.12. The highest BCUT2D eigenvalue weighted by Crippen LogP contribution is 2.24. The predicted molar refractivity (Wildman–Crippen MR) is 81.3 cm³/mol. The summed E-state index contributed by atoms with van der Waals surface area (Å²) in [5.74, 6) is -2.21. The third kappa shape index (κ3) is 3.56. The van der Waals surface area contributed by atoms with Crippen LogP contribution in [0.1, 0.15) is 57.3 Å². The number of hydrogen-bond acceptors (Lipinski definition) is 4. The molecule has 2 N–H and O–H groups in total. The summed E-state index contributed by atoms with van der Waals surface area (Å²) >= 11 is 0. The molecule has 1 aromatic carbocycles. The molecule has 3 amide bonds. The molecule has 0 saturated heterocycles. The number of carbonyl (C=O) groups excluding carboxylic acids is 3. The predicted octanol–water partition coefficient (Wildman–Crippen LogP) is 1.29. The number of hydrogen-bond donors (Lipinski definition) is 2. The molecule has 1 aromatic rings. The minimum absolute atomic E-state index is 0.000747. The SMILES string of the molecule is CCCCN1C(=O)c2ccc(C(=O)NCCC(=O)O)cc2C1=O. The van der Waals surface area contributed by atoms with Crippen molar-refractivity contribution in [2.45, 2.75) is 26.2 Å². The van der Waals surface area contributed by atoms with Gasteiger partial charge in [0.15, 0.2) is 0 Å². The number of benzene rings is 1. The molecule has 0 aliphatic carbocycles. The summed E-state index contributed by atoms with van der Waals surface area (Å²) in [6.45, 7) is 2.33. The first-order valence-corrected chi connectivity index (χ1v) is 7.46. The topological polar surface area (TPSA) is 104 Å². The Balaban J connectivity index is 2.13. The summed E-state index contributed by atoms with van der Waals surface area (Å²) in [6, 6.07) is 4.31. The lowest BCUT2D eigenvalue weighted by atomic mass is 10.1. The van der Waals surface area contributed by atoms with E-state index in [9.17, 15) is 19.2 Å². The number of carboxylic acids is 1. The summed E-state index contributed by atoms with van der Waals surface area (Å²) in [5, 5.41) is 11.0. The third-order valence-corrected chi connectivity index (χ3v) is 3.59. The minimum Gasteiger partial charge on any atom is -0.481 e. The highest BCUT2D eigenvalue weighted by atomic mass is 16.4. The average Bonchev–Trinajstić information content (AvgIpc) is 2.76. The maximum atomic E-state index is 12.3. The summed E-state index contributed by atoms with van der Waals surface area (Å²) in [5.41, 5.74) is 0.748. The van der Waals surface area contributed by atoms with Crippen LogP contribution in [0.25, 0.3) is 0 Å². The van der Waals surface area contributed by atoms with Crippen molar-refractivity contribution in [1.29, 1.82) is 0 Å². The Kier molecular flexibility index (Phi) is 5.10. The van der Waals surface area contributed by atoms with E-state index >= 15 is 0 Å². The number of carboxylic acid groups (broad SMARTS) is 1. The van der Waals surface area contributed by atoms with Gasteiger partial charge in [-0.1, -0.05) is 13.3 Å². The van der Waals surface area contributed by atoms with Crippen molar-refractivity contribution in [3.05, 3.63) is 34.9 Å². The van der Waals surface area contributed by atoms with Gasteiger partial charge in [-0.2, -0.15) is 0 Å². The monoisotopic (exact) mass is 318 g/mol. The van der Waals surface area contributed by atoms with Crippen molar-refractivity contribution in [3.63, 3.8) is 0 Å². The summed E-state index contributed by atoms with van der Waals surface area (Å²) in [4.78, 5) is 48.0. The minimum atomic E-state index is -1.01. The number of nitrogens with zero attached hydrogens (tertiary/aromatic N) is 1. The van der Waals surface area contributed by atoms with Gasteiger partial charge in [0.05, 0.1) is 17.5 Å². The molecule has 0 spiro atoms. The Morgan fingerprint density at radius 3 is 2.52 bits per heavy atom. The number of nitrogens with one attached hydrogen (secondary N) is 1. The number of unbranched alkanes of at least 4 members (excludes halogenated alkanes) is 1. The van der Waals surface area contributed by atoms with Crippen molar-refractivity contribution in [2.24, 2.45) is 0 Å². The molecule has 0 saturated carbocycles. The fourth-order valence-electron chi connectivity index (χ4n) is 2.34. The molecule has 1 aliphatic heterocycles. The Morgan fingerprint density at radius 1 is 1.17 bits per heavy atom. The molecule has 0 radical (unpaired) electrons. The summed E-state index contributed by atoms with van der Waals surface area (Å²) < 4.78 is 0. The molecule has 0 atom stereocenters. The first-order valence-electron chi connectivity index (χ1n) is 7.46. The van der Waals surface area contributed by atoms with E-state index in [1.807, 2.05) is 6.92 Å².